The Morgan fingerprint density at radius 2 is 2.30 bits per heavy atom. The Balaban J connectivity index is 1.82. The first-order valence-corrected chi connectivity index (χ1v) is 6.83. The minimum absolute atomic E-state index is 0.0433. The summed E-state index contributed by atoms with van der Waals surface area (Å²) in [5, 5.41) is 14.1. The maximum absolute atomic E-state index is 12.6. The van der Waals surface area contributed by atoms with E-state index in [1.807, 2.05) is 13.8 Å². The average molecular weight is 280 g/mol. The van der Waals surface area contributed by atoms with Gasteiger partial charge in [0, 0.05) is 17.9 Å². The molecule has 3 N–H and O–H groups in total. The second-order valence-electron chi connectivity index (χ2n) is 6.19. The van der Waals surface area contributed by atoms with Gasteiger partial charge in [0.15, 0.2) is 0 Å². The molecule has 1 amide bonds. The van der Waals surface area contributed by atoms with Crippen molar-refractivity contribution in [2.75, 3.05) is 11.9 Å². The number of rotatable bonds is 2. The van der Waals surface area contributed by atoms with Crippen molar-refractivity contribution in [3.8, 4) is 0 Å². The molecule has 1 aliphatic carbocycles. The fourth-order valence-electron chi connectivity index (χ4n) is 3.58. The third kappa shape index (κ3) is 1.61. The van der Waals surface area contributed by atoms with Crippen molar-refractivity contribution in [3.05, 3.63) is 0 Å². The van der Waals surface area contributed by atoms with Gasteiger partial charge in [-0.2, -0.15) is 4.80 Å². The number of nitrogens with zero attached hydrogens (tertiary/aromatic N) is 4. The molecule has 8 nitrogen and oxygen atoms in total. The number of ether oxygens (including phenoxy) is 1. The molecule has 20 heavy (non-hydrogen) atoms. The van der Waals surface area contributed by atoms with Crippen LogP contribution in [-0.2, 0) is 16.6 Å². The van der Waals surface area contributed by atoms with Gasteiger partial charge in [-0.3, -0.25) is 10.1 Å². The number of hydrogen-bond acceptors (Lipinski definition) is 6. The Morgan fingerprint density at radius 1 is 1.55 bits per heavy atom. The van der Waals surface area contributed by atoms with Crippen LogP contribution in [0.5, 0.6) is 0 Å². The molecule has 110 valence electrons. The fourth-order valence-corrected chi connectivity index (χ4v) is 3.58. The SMILES string of the molecule is Cn1nnc(NC(=O)C2(N)C3CCCOC3C2(C)C)n1. The Bertz CT molecular complexity index is 542. The summed E-state index contributed by atoms with van der Waals surface area (Å²) in [6.07, 6.45) is 1.89. The van der Waals surface area contributed by atoms with E-state index in [1.54, 1.807) is 7.05 Å². The molecule has 1 saturated heterocycles. The number of tetrazole rings is 1. The van der Waals surface area contributed by atoms with Gasteiger partial charge in [-0.05, 0) is 18.1 Å². The van der Waals surface area contributed by atoms with Crippen molar-refractivity contribution >= 4 is 11.9 Å². The van der Waals surface area contributed by atoms with Crippen LogP contribution in [0.2, 0.25) is 0 Å². The van der Waals surface area contributed by atoms with E-state index in [9.17, 15) is 4.79 Å². The number of amides is 1. The largest absolute Gasteiger partial charge is 0.377 e. The predicted octanol–water partition coefficient (Wildman–Crippen LogP) is -0.319. The summed E-state index contributed by atoms with van der Waals surface area (Å²) in [4.78, 5) is 13.9. The van der Waals surface area contributed by atoms with Crippen LogP contribution in [0.15, 0.2) is 0 Å². The summed E-state index contributed by atoms with van der Waals surface area (Å²) >= 11 is 0. The highest BCUT2D eigenvalue weighted by Gasteiger charge is 2.70. The topological polar surface area (TPSA) is 108 Å². The van der Waals surface area contributed by atoms with Crippen LogP contribution in [-0.4, -0.2) is 44.4 Å². The van der Waals surface area contributed by atoms with Crippen LogP contribution in [0.4, 0.5) is 5.95 Å². The van der Waals surface area contributed by atoms with Crippen molar-refractivity contribution in [2.24, 2.45) is 24.1 Å². The van der Waals surface area contributed by atoms with E-state index in [4.69, 9.17) is 10.5 Å². The molecule has 0 spiro atoms. The van der Waals surface area contributed by atoms with E-state index < -0.39 is 11.0 Å². The number of hydrogen-bond donors (Lipinski definition) is 2. The molecule has 8 heteroatoms. The number of aromatic nitrogens is 4. The Morgan fingerprint density at radius 3 is 2.95 bits per heavy atom. The van der Waals surface area contributed by atoms with Crippen molar-refractivity contribution in [2.45, 2.75) is 38.3 Å². The first-order chi connectivity index (χ1) is 9.37. The lowest BCUT2D eigenvalue weighted by Gasteiger charge is -2.64. The molecule has 2 fully saturated rings. The predicted molar refractivity (Wildman–Crippen MR) is 70.6 cm³/mol. The number of nitrogens with two attached hydrogens (primary N) is 1. The summed E-state index contributed by atoms with van der Waals surface area (Å²) < 4.78 is 5.78. The summed E-state index contributed by atoms with van der Waals surface area (Å²) in [7, 11) is 1.64. The summed E-state index contributed by atoms with van der Waals surface area (Å²) in [6.45, 7) is 4.69. The minimum Gasteiger partial charge on any atom is -0.377 e. The molecular weight excluding hydrogens is 260 g/mol. The van der Waals surface area contributed by atoms with Crippen LogP contribution < -0.4 is 11.1 Å². The lowest BCUT2D eigenvalue weighted by atomic mass is 9.46. The van der Waals surface area contributed by atoms with Gasteiger partial charge in [-0.1, -0.05) is 18.9 Å². The number of nitrogens with one attached hydrogen (secondary N) is 1. The standard InChI is InChI=1S/C12H20N6O2/c1-11(2)8-7(5-4-6-20-8)12(11,13)9(19)14-10-15-17-18(3)16-10/h7-8H,4-6,13H2,1-3H3,(H,14,16,19). The molecule has 0 radical (unpaired) electrons. The third-order valence-electron chi connectivity index (χ3n) is 4.79. The molecule has 3 atom stereocenters. The Kier molecular flexibility index (Phi) is 2.84. The Labute approximate surface area is 117 Å². The summed E-state index contributed by atoms with van der Waals surface area (Å²) in [5.41, 5.74) is 5.09. The molecule has 1 aliphatic heterocycles. The van der Waals surface area contributed by atoms with Gasteiger partial charge in [-0.15, -0.1) is 5.10 Å². The second-order valence-corrected chi connectivity index (χ2v) is 6.19. The van der Waals surface area contributed by atoms with E-state index in [1.165, 1.54) is 4.80 Å². The van der Waals surface area contributed by atoms with Crippen LogP contribution in [0.1, 0.15) is 26.7 Å². The zero-order valence-electron chi connectivity index (χ0n) is 12.0. The van der Waals surface area contributed by atoms with Crippen LogP contribution in [0, 0.1) is 11.3 Å². The first-order valence-electron chi connectivity index (χ1n) is 6.83. The van der Waals surface area contributed by atoms with Gasteiger partial charge in [-0.25, -0.2) is 0 Å². The van der Waals surface area contributed by atoms with Gasteiger partial charge in [0.25, 0.3) is 5.95 Å². The highest BCUT2D eigenvalue weighted by molar-refractivity contribution is 5.99. The smallest absolute Gasteiger partial charge is 0.270 e. The second kappa shape index (κ2) is 4.23. The highest BCUT2D eigenvalue weighted by Crippen LogP contribution is 2.57. The van der Waals surface area contributed by atoms with Crippen molar-refractivity contribution in [1.82, 2.24) is 20.2 Å². The van der Waals surface area contributed by atoms with E-state index >= 15 is 0 Å². The lowest BCUT2D eigenvalue weighted by molar-refractivity contribution is -0.222. The minimum atomic E-state index is -0.961. The summed E-state index contributed by atoms with van der Waals surface area (Å²) in [5.74, 6) is -0.0384. The third-order valence-corrected chi connectivity index (χ3v) is 4.79. The quantitative estimate of drug-likeness (QED) is 0.768. The zero-order valence-corrected chi connectivity index (χ0v) is 12.0. The molecule has 1 aromatic heterocycles. The summed E-state index contributed by atoms with van der Waals surface area (Å²) in [6, 6.07) is 0. The van der Waals surface area contributed by atoms with Gasteiger partial charge in [0.1, 0.15) is 5.54 Å². The number of carbonyl (C=O) groups is 1. The molecule has 0 aromatic carbocycles. The molecule has 3 unspecified atom stereocenters. The maximum Gasteiger partial charge on any atom is 0.270 e. The molecule has 3 rings (SSSR count). The highest BCUT2D eigenvalue weighted by atomic mass is 16.5. The number of fused-ring (bicyclic) bond motifs is 1. The van der Waals surface area contributed by atoms with E-state index in [0.717, 1.165) is 19.4 Å². The van der Waals surface area contributed by atoms with E-state index in [2.05, 4.69) is 20.7 Å². The molecule has 0 bridgehead atoms. The average Bonchev–Trinajstić information content (AvgIpc) is 2.83. The molecular formula is C12H20N6O2. The van der Waals surface area contributed by atoms with Gasteiger partial charge >= 0.3 is 0 Å². The van der Waals surface area contributed by atoms with Crippen LogP contribution in [0.25, 0.3) is 0 Å². The van der Waals surface area contributed by atoms with Crippen molar-refractivity contribution in [1.29, 1.82) is 0 Å². The van der Waals surface area contributed by atoms with Gasteiger partial charge in [0.2, 0.25) is 5.91 Å². The number of aryl methyl sites for hydroxylation is 1. The molecule has 2 aliphatic rings. The zero-order chi connectivity index (χ0) is 14.5. The molecule has 2 heterocycles. The van der Waals surface area contributed by atoms with Crippen molar-refractivity contribution in [3.63, 3.8) is 0 Å². The van der Waals surface area contributed by atoms with E-state index in [0.29, 0.717) is 0 Å². The van der Waals surface area contributed by atoms with Crippen molar-refractivity contribution < 1.29 is 9.53 Å². The Hall–Kier alpha value is -1.54. The van der Waals surface area contributed by atoms with Crippen LogP contribution >= 0.6 is 0 Å². The molecule has 1 aromatic rings. The number of carbonyl (C=O) groups excluding carboxylic acids is 1. The fraction of sp³-hybridized carbons (Fsp3) is 0.833. The van der Waals surface area contributed by atoms with Crippen LogP contribution in [0.3, 0.4) is 0 Å². The number of anilines is 1. The monoisotopic (exact) mass is 280 g/mol. The van der Waals surface area contributed by atoms with Gasteiger partial charge < -0.3 is 10.5 Å². The molecule has 1 saturated carbocycles. The van der Waals surface area contributed by atoms with Gasteiger partial charge in [0.05, 0.1) is 13.2 Å². The normalized spacial score (nSPS) is 35.0. The van der Waals surface area contributed by atoms with E-state index in [-0.39, 0.29) is 23.9 Å². The first kappa shape index (κ1) is 13.4. The lowest BCUT2D eigenvalue weighted by Crippen LogP contribution is -2.81. The maximum atomic E-state index is 12.6.